The first-order chi connectivity index (χ1) is 17.5. The molecule has 4 aliphatic rings. The fourth-order valence-corrected chi connectivity index (χ4v) is 9.54. The summed E-state index contributed by atoms with van der Waals surface area (Å²) in [6, 6.07) is 0. The predicted octanol–water partition coefficient (Wildman–Crippen LogP) is 8.58. The van der Waals surface area contributed by atoms with Crippen molar-refractivity contribution in [2.75, 3.05) is 0 Å². The van der Waals surface area contributed by atoms with E-state index in [1.165, 1.54) is 51.4 Å². The minimum absolute atomic E-state index is 0.000690. The van der Waals surface area contributed by atoms with Crippen LogP contribution in [0.25, 0.3) is 0 Å². The van der Waals surface area contributed by atoms with Crippen LogP contribution in [0.1, 0.15) is 131 Å². The third kappa shape index (κ3) is 6.14. The van der Waals surface area contributed by atoms with Gasteiger partial charge >= 0.3 is 11.9 Å². The van der Waals surface area contributed by atoms with E-state index in [0.717, 1.165) is 54.8 Å². The number of fused-ring (bicyclic) bond motifs is 5. The number of rotatable bonds is 11. The fourth-order valence-electron chi connectivity index (χ4n) is 9.54. The number of ether oxygens (including phenoxy) is 1. The zero-order valence-electron chi connectivity index (χ0n) is 24.4. The number of carbonyl (C=O) groups is 2. The van der Waals surface area contributed by atoms with Gasteiger partial charge in [-0.1, -0.05) is 65.5 Å². The average Bonchev–Trinajstić information content (AvgIpc) is 3.19. The van der Waals surface area contributed by atoms with Crippen molar-refractivity contribution in [3.63, 3.8) is 0 Å². The molecule has 1 N–H and O–H groups in total. The number of hydrogen-bond donors (Lipinski definition) is 1. The third-order valence-corrected chi connectivity index (χ3v) is 11.6. The Morgan fingerprint density at radius 1 is 0.973 bits per heavy atom. The maximum absolute atomic E-state index is 12.4. The van der Waals surface area contributed by atoms with Crippen molar-refractivity contribution >= 4 is 11.9 Å². The van der Waals surface area contributed by atoms with E-state index in [0.29, 0.717) is 24.7 Å². The van der Waals surface area contributed by atoms with Crippen molar-refractivity contribution in [3.05, 3.63) is 11.6 Å². The Labute approximate surface area is 226 Å². The Bertz CT molecular complexity index is 845. The third-order valence-electron chi connectivity index (χ3n) is 11.6. The molecule has 4 aliphatic carbocycles. The molecule has 0 heterocycles. The second-order valence-corrected chi connectivity index (χ2v) is 14.2. The summed E-state index contributed by atoms with van der Waals surface area (Å²) in [7, 11) is 0. The molecule has 3 fully saturated rings. The average molecular weight is 515 g/mol. The van der Waals surface area contributed by atoms with Gasteiger partial charge in [-0.05, 0) is 104 Å². The van der Waals surface area contributed by atoms with Gasteiger partial charge in [0.05, 0.1) is 0 Å². The first kappa shape index (κ1) is 28.7. The summed E-state index contributed by atoms with van der Waals surface area (Å²) >= 11 is 0. The molecule has 37 heavy (non-hydrogen) atoms. The topological polar surface area (TPSA) is 63.6 Å². The molecule has 0 amide bonds. The molecule has 0 spiro atoms. The Hall–Kier alpha value is -1.32. The van der Waals surface area contributed by atoms with Crippen molar-refractivity contribution in [3.8, 4) is 0 Å². The van der Waals surface area contributed by atoms with Gasteiger partial charge < -0.3 is 9.84 Å². The van der Waals surface area contributed by atoms with Crippen LogP contribution in [0.2, 0.25) is 0 Å². The molecule has 3 saturated carbocycles. The first-order valence-corrected chi connectivity index (χ1v) is 15.7. The molecule has 0 aromatic heterocycles. The molecule has 210 valence electrons. The van der Waals surface area contributed by atoms with E-state index >= 15 is 0 Å². The molecule has 4 nitrogen and oxygen atoms in total. The highest BCUT2D eigenvalue weighted by molar-refractivity contribution is 5.70. The van der Waals surface area contributed by atoms with Crippen LogP contribution in [0.5, 0.6) is 0 Å². The molecule has 0 aromatic carbocycles. The van der Waals surface area contributed by atoms with Gasteiger partial charge in [0.1, 0.15) is 6.10 Å². The number of carboxylic acid groups (broad SMARTS) is 1. The molecule has 0 aliphatic heterocycles. The standard InChI is InChI=1S/C33H54O4/c1-22(2)9-8-10-23(3)27-15-16-28-26-14-13-24-21-25(37-31(36)12-7-6-11-30(34)35)17-19-32(24,4)29(26)18-20-33(27,28)5/h13,22-23,25-29H,6-12,14-21H2,1-5H3,(H,34,35). The van der Waals surface area contributed by atoms with Crippen LogP contribution in [-0.4, -0.2) is 23.1 Å². The minimum atomic E-state index is -0.797. The maximum Gasteiger partial charge on any atom is 0.306 e. The van der Waals surface area contributed by atoms with Crippen molar-refractivity contribution < 1.29 is 19.4 Å². The molecule has 8 atom stereocenters. The molecular formula is C33H54O4. The second-order valence-electron chi connectivity index (χ2n) is 14.2. The fraction of sp³-hybridized carbons (Fsp3) is 0.879. The van der Waals surface area contributed by atoms with Gasteiger partial charge in [0.2, 0.25) is 0 Å². The van der Waals surface area contributed by atoms with Gasteiger partial charge in [-0.15, -0.1) is 0 Å². The van der Waals surface area contributed by atoms with Crippen LogP contribution in [0, 0.1) is 46.3 Å². The monoisotopic (exact) mass is 514 g/mol. The number of unbranched alkanes of at least 4 members (excludes halogenated alkanes) is 1. The van der Waals surface area contributed by atoms with Crippen molar-refractivity contribution in [1.29, 1.82) is 0 Å². The SMILES string of the molecule is CC(C)CCCC(C)C1CCC2C3CC=C4CC(OC(=O)CCCCC(=O)O)CCC4(C)C3CCC12C. The van der Waals surface area contributed by atoms with Crippen LogP contribution in [0.3, 0.4) is 0 Å². The van der Waals surface area contributed by atoms with E-state index in [1.54, 1.807) is 5.57 Å². The lowest BCUT2D eigenvalue weighted by atomic mass is 9.47. The normalized spacial score (nSPS) is 37.8. The molecule has 4 rings (SSSR count). The highest BCUT2D eigenvalue weighted by Gasteiger charge is 2.59. The van der Waals surface area contributed by atoms with E-state index in [4.69, 9.17) is 9.84 Å². The lowest BCUT2D eigenvalue weighted by Gasteiger charge is -2.58. The summed E-state index contributed by atoms with van der Waals surface area (Å²) in [4.78, 5) is 23.1. The summed E-state index contributed by atoms with van der Waals surface area (Å²) in [6.07, 6.45) is 18.2. The Morgan fingerprint density at radius 2 is 1.73 bits per heavy atom. The Kier molecular flexibility index (Phi) is 9.17. The highest BCUT2D eigenvalue weighted by Crippen LogP contribution is 2.67. The number of carboxylic acids is 1. The molecule has 0 bridgehead atoms. The molecule has 0 saturated heterocycles. The van der Waals surface area contributed by atoms with Gasteiger partial charge in [-0.25, -0.2) is 0 Å². The van der Waals surface area contributed by atoms with E-state index < -0.39 is 5.97 Å². The zero-order valence-corrected chi connectivity index (χ0v) is 24.4. The van der Waals surface area contributed by atoms with E-state index in [1.807, 2.05) is 0 Å². The lowest BCUT2D eigenvalue weighted by molar-refractivity contribution is -0.152. The van der Waals surface area contributed by atoms with Crippen molar-refractivity contribution in [2.24, 2.45) is 46.3 Å². The molecule has 4 heteroatoms. The van der Waals surface area contributed by atoms with Crippen molar-refractivity contribution in [2.45, 2.75) is 137 Å². The molecule has 0 aromatic rings. The number of esters is 1. The van der Waals surface area contributed by atoms with Crippen LogP contribution >= 0.6 is 0 Å². The second kappa shape index (κ2) is 11.8. The predicted molar refractivity (Wildman–Crippen MR) is 149 cm³/mol. The largest absolute Gasteiger partial charge is 0.481 e. The smallest absolute Gasteiger partial charge is 0.306 e. The summed E-state index contributed by atoms with van der Waals surface area (Å²) in [5, 5.41) is 8.78. The zero-order chi connectivity index (χ0) is 26.8. The highest BCUT2D eigenvalue weighted by atomic mass is 16.5. The van der Waals surface area contributed by atoms with Crippen LogP contribution < -0.4 is 0 Å². The number of allylic oxidation sites excluding steroid dienone is 1. The Balaban J connectivity index is 1.35. The molecule has 0 radical (unpaired) electrons. The number of carbonyl (C=O) groups excluding carboxylic acids is 1. The van der Waals surface area contributed by atoms with Gasteiger partial charge in [0.25, 0.3) is 0 Å². The lowest BCUT2D eigenvalue weighted by Crippen LogP contribution is -2.51. The van der Waals surface area contributed by atoms with Gasteiger partial charge in [-0.3, -0.25) is 9.59 Å². The summed E-state index contributed by atoms with van der Waals surface area (Å²) in [5.41, 5.74) is 2.35. The number of aliphatic carboxylic acids is 1. The van der Waals surface area contributed by atoms with Gasteiger partial charge in [0.15, 0.2) is 0 Å². The molecule has 8 unspecified atom stereocenters. The van der Waals surface area contributed by atoms with Crippen LogP contribution in [-0.2, 0) is 14.3 Å². The summed E-state index contributed by atoms with van der Waals surface area (Å²) in [6.45, 7) is 12.5. The Morgan fingerprint density at radius 3 is 2.46 bits per heavy atom. The maximum atomic E-state index is 12.4. The minimum Gasteiger partial charge on any atom is -0.481 e. The first-order valence-electron chi connectivity index (χ1n) is 15.7. The van der Waals surface area contributed by atoms with E-state index in [2.05, 4.69) is 40.7 Å². The quantitative estimate of drug-likeness (QED) is 0.170. The van der Waals surface area contributed by atoms with Gasteiger partial charge in [-0.2, -0.15) is 0 Å². The van der Waals surface area contributed by atoms with Crippen LogP contribution in [0.4, 0.5) is 0 Å². The van der Waals surface area contributed by atoms with E-state index in [-0.39, 0.29) is 23.9 Å². The summed E-state index contributed by atoms with van der Waals surface area (Å²) in [5.74, 6) is 4.11. The summed E-state index contributed by atoms with van der Waals surface area (Å²) < 4.78 is 5.87. The van der Waals surface area contributed by atoms with E-state index in [9.17, 15) is 9.59 Å². The van der Waals surface area contributed by atoms with Gasteiger partial charge in [0, 0.05) is 19.3 Å². The van der Waals surface area contributed by atoms with Crippen LogP contribution in [0.15, 0.2) is 11.6 Å². The molecular weight excluding hydrogens is 460 g/mol. The number of hydrogen-bond acceptors (Lipinski definition) is 3. The van der Waals surface area contributed by atoms with Crippen molar-refractivity contribution in [1.82, 2.24) is 0 Å².